The monoisotopic (exact) mass is 172 g/mol. The van der Waals surface area contributed by atoms with E-state index >= 15 is 0 Å². The van der Waals surface area contributed by atoms with E-state index in [0.29, 0.717) is 0 Å². The molecule has 0 aromatic heterocycles. The Labute approximate surface area is 72.4 Å². The first kappa shape index (κ1) is 9.48. The third-order valence-corrected chi connectivity index (χ3v) is 2.74. The Morgan fingerprint density at radius 2 is 2.42 bits per heavy atom. The van der Waals surface area contributed by atoms with Gasteiger partial charge in [0.1, 0.15) is 0 Å². The maximum Gasteiger partial charge on any atom is 0.251 e. The van der Waals surface area contributed by atoms with Crippen molar-refractivity contribution in [3.05, 3.63) is 0 Å². The fourth-order valence-corrected chi connectivity index (χ4v) is 1.68. The molecule has 1 fully saturated rings. The van der Waals surface area contributed by atoms with Crippen LogP contribution in [0.5, 0.6) is 0 Å². The van der Waals surface area contributed by atoms with Gasteiger partial charge in [-0.05, 0) is 19.8 Å². The molecule has 0 aromatic carbocycles. The van der Waals surface area contributed by atoms with Crippen LogP contribution in [0.4, 0.5) is 0 Å². The van der Waals surface area contributed by atoms with Gasteiger partial charge in [0.05, 0.1) is 12.5 Å². The number of hydroxylamine groups is 1. The van der Waals surface area contributed by atoms with Crippen LogP contribution >= 0.6 is 0 Å². The highest BCUT2D eigenvalue weighted by Crippen LogP contribution is 2.36. The molecule has 2 unspecified atom stereocenters. The molecule has 12 heavy (non-hydrogen) atoms. The molecule has 0 aromatic rings. The topological polar surface area (TPSA) is 64.3 Å². The average molecular weight is 172 g/mol. The molecule has 2 atom stereocenters. The quantitative estimate of drug-likeness (QED) is 0.584. The Balaban J connectivity index is 2.63. The summed E-state index contributed by atoms with van der Waals surface area (Å²) in [5, 5.41) is 0. The molecule has 4 nitrogen and oxygen atoms in total. The summed E-state index contributed by atoms with van der Waals surface area (Å²) in [6.07, 6.45) is 2.80. The number of rotatable bonds is 2. The van der Waals surface area contributed by atoms with E-state index in [4.69, 9.17) is 5.73 Å². The highest BCUT2D eigenvalue weighted by molar-refractivity contribution is 5.82. The molecule has 3 N–H and O–H groups in total. The van der Waals surface area contributed by atoms with E-state index in [9.17, 15) is 4.79 Å². The summed E-state index contributed by atoms with van der Waals surface area (Å²) < 4.78 is 0. The molecule has 1 aliphatic carbocycles. The van der Waals surface area contributed by atoms with Crippen LogP contribution in [-0.4, -0.2) is 19.1 Å². The van der Waals surface area contributed by atoms with Crippen molar-refractivity contribution >= 4 is 5.91 Å². The zero-order chi connectivity index (χ0) is 9.19. The van der Waals surface area contributed by atoms with E-state index < -0.39 is 5.41 Å². The molecular weight excluding hydrogens is 156 g/mol. The highest BCUT2D eigenvalue weighted by Gasteiger charge is 2.42. The number of amides is 1. The Morgan fingerprint density at radius 3 is 2.83 bits per heavy atom. The average Bonchev–Trinajstić information content (AvgIpc) is 2.34. The van der Waals surface area contributed by atoms with E-state index in [1.165, 1.54) is 7.11 Å². The molecule has 4 heteroatoms. The van der Waals surface area contributed by atoms with Crippen LogP contribution in [0.3, 0.4) is 0 Å². The van der Waals surface area contributed by atoms with E-state index in [2.05, 4.69) is 10.3 Å². The van der Waals surface area contributed by atoms with Gasteiger partial charge in [0.25, 0.3) is 5.91 Å². The van der Waals surface area contributed by atoms with Gasteiger partial charge in [0.15, 0.2) is 0 Å². The van der Waals surface area contributed by atoms with Crippen LogP contribution < -0.4 is 11.2 Å². The first-order chi connectivity index (χ1) is 5.61. The van der Waals surface area contributed by atoms with Gasteiger partial charge >= 0.3 is 0 Å². The van der Waals surface area contributed by atoms with Crippen LogP contribution in [0, 0.1) is 5.41 Å². The highest BCUT2D eigenvalue weighted by atomic mass is 16.6. The second-order valence-electron chi connectivity index (χ2n) is 3.55. The smallest absolute Gasteiger partial charge is 0.251 e. The van der Waals surface area contributed by atoms with Crippen molar-refractivity contribution in [2.75, 3.05) is 7.11 Å². The third kappa shape index (κ3) is 1.44. The molecule has 1 rings (SSSR count). The van der Waals surface area contributed by atoms with Crippen molar-refractivity contribution in [2.45, 2.75) is 32.2 Å². The minimum atomic E-state index is -0.435. The van der Waals surface area contributed by atoms with Gasteiger partial charge in [-0.25, -0.2) is 5.48 Å². The lowest BCUT2D eigenvalue weighted by molar-refractivity contribution is -0.141. The predicted molar refractivity (Wildman–Crippen MR) is 45.1 cm³/mol. The van der Waals surface area contributed by atoms with Crippen molar-refractivity contribution in [1.82, 2.24) is 5.48 Å². The largest absolute Gasteiger partial charge is 0.327 e. The lowest BCUT2D eigenvalue weighted by Gasteiger charge is -2.26. The summed E-state index contributed by atoms with van der Waals surface area (Å²) in [6.45, 7) is 1.89. The van der Waals surface area contributed by atoms with E-state index in [-0.39, 0.29) is 11.9 Å². The molecule has 0 heterocycles. The molecule has 0 spiro atoms. The fraction of sp³-hybridized carbons (Fsp3) is 0.875. The second kappa shape index (κ2) is 3.41. The van der Waals surface area contributed by atoms with Crippen molar-refractivity contribution in [3.8, 4) is 0 Å². The molecule has 0 aliphatic heterocycles. The second-order valence-corrected chi connectivity index (χ2v) is 3.55. The van der Waals surface area contributed by atoms with E-state index in [0.717, 1.165) is 19.3 Å². The van der Waals surface area contributed by atoms with E-state index in [1.54, 1.807) is 0 Å². The summed E-state index contributed by atoms with van der Waals surface area (Å²) in [4.78, 5) is 16.0. The number of hydrogen-bond acceptors (Lipinski definition) is 3. The number of nitrogens with one attached hydrogen (secondary N) is 1. The standard InChI is InChI=1S/C8H16N2O2/c1-8(7(11)10-12-2)5-3-4-6(8)9/h6H,3-5,9H2,1-2H3,(H,10,11). The summed E-state index contributed by atoms with van der Waals surface area (Å²) in [7, 11) is 1.43. The summed E-state index contributed by atoms with van der Waals surface area (Å²) >= 11 is 0. The first-order valence-corrected chi connectivity index (χ1v) is 4.20. The maximum atomic E-state index is 11.5. The van der Waals surface area contributed by atoms with Crippen molar-refractivity contribution in [2.24, 2.45) is 11.1 Å². The summed E-state index contributed by atoms with van der Waals surface area (Å²) in [5.41, 5.74) is 7.73. The molecule has 1 aliphatic rings. The van der Waals surface area contributed by atoms with Gasteiger partial charge in [-0.15, -0.1) is 0 Å². The Bertz CT molecular complexity index is 184. The van der Waals surface area contributed by atoms with Gasteiger partial charge in [0, 0.05) is 6.04 Å². The zero-order valence-corrected chi connectivity index (χ0v) is 7.59. The molecule has 1 amide bonds. The number of carbonyl (C=O) groups is 1. The molecule has 0 saturated heterocycles. The molecule has 1 saturated carbocycles. The number of hydrogen-bond donors (Lipinski definition) is 2. The van der Waals surface area contributed by atoms with Gasteiger partial charge in [-0.2, -0.15) is 0 Å². The van der Waals surface area contributed by atoms with Crippen LogP contribution in [0.15, 0.2) is 0 Å². The third-order valence-electron chi connectivity index (χ3n) is 2.74. The SMILES string of the molecule is CONC(=O)C1(C)CCCC1N. The zero-order valence-electron chi connectivity index (χ0n) is 7.59. The van der Waals surface area contributed by atoms with E-state index in [1.807, 2.05) is 6.92 Å². The summed E-state index contributed by atoms with van der Waals surface area (Å²) in [6, 6.07) is -0.0346. The Kier molecular flexibility index (Phi) is 2.69. The Hall–Kier alpha value is -0.610. The summed E-state index contributed by atoms with van der Waals surface area (Å²) in [5.74, 6) is -0.102. The number of carbonyl (C=O) groups excluding carboxylic acids is 1. The van der Waals surface area contributed by atoms with Crippen molar-refractivity contribution in [1.29, 1.82) is 0 Å². The van der Waals surface area contributed by atoms with Gasteiger partial charge in [0.2, 0.25) is 0 Å². The minimum absolute atomic E-state index is 0.0346. The minimum Gasteiger partial charge on any atom is -0.327 e. The Morgan fingerprint density at radius 1 is 1.75 bits per heavy atom. The van der Waals surface area contributed by atoms with Gasteiger partial charge in [-0.1, -0.05) is 6.42 Å². The molecule has 70 valence electrons. The van der Waals surface area contributed by atoms with Crippen LogP contribution in [0.25, 0.3) is 0 Å². The predicted octanol–water partition coefficient (Wildman–Crippen LogP) is 0.181. The normalized spacial score (nSPS) is 35.1. The lowest BCUT2D eigenvalue weighted by atomic mass is 9.84. The maximum absolute atomic E-state index is 11.5. The fourth-order valence-electron chi connectivity index (χ4n) is 1.68. The number of nitrogens with two attached hydrogens (primary N) is 1. The van der Waals surface area contributed by atoms with Crippen LogP contribution in [0.1, 0.15) is 26.2 Å². The molecular formula is C8H16N2O2. The first-order valence-electron chi connectivity index (χ1n) is 4.20. The molecule has 0 bridgehead atoms. The lowest BCUT2D eigenvalue weighted by Crippen LogP contribution is -2.46. The van der Waals surface area contributed by atoms with Crippen LogP contribution in [0.2, 0.25) is 0 Å². The van der Waals surface area contributed by atoms with Gasteiger partial charge in [-0.3, -0.25) is 9.63 Å². The van der Waals surface area contributed by atoms with Gasteiger partial charge < -0.3 is 5.73 Å². The van der Waals surface area contributed by atoms with Crippen molar-refractivity contribution < 1.29 is 9.63 Å². The molecule has 0 radical (unpaired) electrons. The van der Waals surface area contributed by atoms with Crippen molar-refractivity contribution in [3.63, 3.8) is 0 Å². The van der Waals surface area contributed by atoms with Crippen LogP contribution in [-0.2, 0) is 9.63 Å².